The molecule has 0 bridgehead atoms. The largest absolute Gasteiger partial charge is 0.378 e. The molecule has 3 aliphatic rings. The van der Waals surface area contributed by atoms with E-state index < -0.39 is 0 Å². The van der Waals surface area contributed by atoms with Crippen molar-refractivity contribution in [2.75, 3.05) is 19.7 Å². The van der Waals surface area contributed by atoms with Gasteiger partial charge >= 0.3 is 0 Å². The summed E-state index contributed by atoms with van der Waals surface area (Å²) in [7, 11) is 0. The van der Waals surface area contributed by atoms with Gasteiger partial charge in [-0.25, -0.2) is 0 Å². The minimum Gasteiger partial charge on any atom is -0.378 e. The fraction of sp³-hybridized carbons (Fsp3) is 0.875. The van der Waals surface area contributed by atoms with E-state index in [-0.39, 0.29) is 35.9 Å². The van der Waals surface area contributed by atoms with Gasteiger partial charge in [0.25, 0.3) is 0 Å². The van der Waals surface area contributed by atoms with Crippen LogP contribution in [0.25, 0.3) is 0 Å². The summed E-state index contributed by atoms with van der Waals surface area (Å²) < 4.78 is 5.66. The van der Waals surface area contributed by atoms with Crippen molar-refractivity contribution < 1.29 is 14.3 Å². The Hall–Kier alpha value is -1.10. The molecule has 3 aliphatic heterocycles. The quantitative estimate of drug-likeness (QED) is 0.788. The average Bonchev–Trinajstić information content (AvgIpc) is 3.10. The fourth-order valence-corrected chi connectivity index (χ4v) is 3.97. The van der Waals surface area contributed by atoms with Crippen LogP contribution in [0.5, 0.6) is 0 Å². The van der Waals surface area contributed by atoms with Crippen LogP contribution < -0.4 is 0 Å². The number of carbonyl (C=O) groups excluding carboxylic acids is 2. The van der Waals surface area contributed by atoms with Crippen LogP contribution in [-0.2, 0) is 14.3 Å². The number of amides is 2. The van der Waals surface area contributed by atoms with Gasteiger partial charge in [-0.2, -0.15) is 0 Å². The maximum atomic E-state index is 12.8. The van der Waals surface area contributed by atoms with Gasteiger partial charge in [-0.15, -0.1) is 0 Å². The van der Waals surface area contributed by atoms with Gasteiger partial charge in [-0.1, -0.05) is 13.8 Å². The summed E-state index contributed by atoms with van der Waals surface area (Å²) in [6.45, 7) is 6.30. The summed E-state index contributed by atoms with van der Waals surface area (Å²) in [6.07, 6.45) is 5.09. The Bertz CT molecular complexity index is 418. The van der Waals surface area contributed by atoms with Crippen molar-refractivity contribution in [2.45, 2.75) is 64.1 Å². The lowest BCUT2D eigenvalue weighted by Crippen LogP contribution is -2.64. The molecule has 5 nitrogen and oxygen atoms in total. The number of nitrogens with zero attached hydrogens (tertiary/aromatic N) is 2. The zero-order valence-corrected chi connectivity index (χ0v) is 13.1. The second-order valence-corrected chi connectivity index (χ2v) is 6.83. The van der Waals surface area contributed by atoms with E-state index in [1.807, 2.05) is 23.6 Å². The van der Waals surface area contributed by atoms with Crippen molar-refractivity contribution in [3.63, 3.8) is 0 Å². The van der Waals surface area contributed by atoms with E-state index in [0.29, 0.717) is 6.54 Å². The molecule has 3 unspecified atom stereocenters. The van der Waals surface area contributed by atoms with Crippen molar-refractivity contribution >= 4 is 11.8 Å². The Kier molecular flexibility index (Phi) is 4.20. The molecule has 3 heterocycles. The number of fused-ring (bicyclic) bond motifs is 1. The van der Waals surface area contributed by atoms with Gasteiger partial charge in [0.15, 0.2) is 0 Å². The molecular formula is C16H26N2O3. The summed E-state index contributed by atoms with van der Waals surface area (Å²) in [5, 5.41) is 0. The highest BCUT2D eigenvalue weighted by molar-refractivity contribution is 5.97. The monoisotopic (exact) mass is 294 g/mol. The Morgan fingerprint density at radius 3 is 2.67 bits per heavy atom. The van der Waals surface area contributed by atoms with Crippen LogP contribution in [0.2, 0.25) is 0 Å². The van der Waals surface area contributed by atoms with Gasteiger partial charge in [0, 0.05) is 19.7 Å². The average molecular weight is 294 g/mol. The van der Waals surface area contributed by atoms with E-state index in [1.54, 1.807) is 0 Å². The van der Waals surface area contributed by atoms with Gasteiger partial charge in [0.05, 0.1) is 6.10 Å². The molecule has 3 rings (SSSR count). The molecule has 118 valence electrons. The number of hydrogen-bond acceptors (Lipinski definition) is 3. The third kappa shape index (κ3) is 2.68. The molecule has 0 aromatic heterocycles. The van der Waals surface area contributed by atoms with Crippen molar-refractivity contribution in [1.29, 1.82) is 0 Å². The van der Waals surface area contributed by atoms with Crippen molar-refractivity contribution in [2.24, 2.45) is 5.92 Å². The van der Waals surface area contributed by atoms with Gasteiger partial charge in [0.2, 0.25) is 11.8 Å². The van der Waals surface area contributed by atoms with Crippen LogP contribution in [0.15, 0.2) is 0 Å². The predicted molar refractivity (Wildman–Crippen MR) is 78.7 cm³/mol. The molecule has 3 saturated heterocycles. The topological polar surface area (TPSA) is 49.9 Å². The zero-order valence-electron chi connectivity index (χ0n) is 13.1. The second kappa shape index (κ2) is 5.95. The lowest BCUT2D eigenvalue weighted by atomic mass is 9.95. The van der Waals surface area contributed by atoms with Crippen LogP contribution in [-0.4, -0.2) is 59.5 Å². The molecule has 3 atom stereocenters. The minimum absolute atomic E-state index is 0.152. The van der Waals surface area contributed by atoms with E-state index in [2.05, 4.69) is 0 Å². The van der Waals surface area contributed by atoms with E-state index in [1.165, 1.54) is 0 Å². The molecule has 21 heavy (non-hydrogen) atoms. The molecule has 3 fully saturated rings. The van der Waals surface area contributed by atoms with Crippen LogP contribution in [0.1, 0.15) is 46.0 Å². The first-order valence-electron chi connectivity index (χ1n) is 8.32. The minimum atomic E-state index is -0.284. The summed E-state index contributed by atoms with van der Waals surface area (Å²) in [6, 6.07) is -0.481. The van der Waals surface area contributed by atoms with Crippen LogP contribution in [0, 0.1) is 5.92 Å². The zero-order chi connectivity index (χ0) is 15.0. The van der Waals surface area contributed by atoms with E-state index >= 15 is 0 Å². The maximum absolute atomic E-state index is 12.8. The maximum Gasteiger partial charge on any atom is 0.246 e. The molecule has 0 spiro atoms. The van der Waals surface area contributed by atoms with E-state index in [9.17, 15) is 9.59 Å². The highest BCUT2D eigenvalue weighted by atomic mass is 16.5. The summed E-state index contributed by atoms with van der Waals surface area (Å²) >= 11 is 0. The smallest absolute Gasteiger partial charge is 0.246 e. The Balaban J connectivity index is 1.73. The highest BCUT2D eigenvalue weighted by Crippen LogP contribution is 2.30. The summed E-state index contributed by atoms with van der Waals surface area (Å²) in [5.41, 5.74) is 0. The third-order valence-electron chi connectivity index (χ3n) is 5.04. The lowest BCUT2D eigenvalue weighted by Gasteiger charge is -2.44. The standard InChI is InChI=1S/C16H26N2O3/c1-11(2)14-16(20)17-8-3-6-13(17)15(19)18(14)9-7-12-5-4-10-21-12/h11-14H,3-10H2,1-2H3. The molecule has 0 N–H and O–H groups in total. The van der Waals surface area contributed by atoms with Gasteiger partial charge in [-0.3, -0.25) is 9.59 Å². The predicted octanol–water partition coefficient (Wildman–Crippen LogP) is 1.41. The third-order valence-corrected chi connectivity index (χ3v) is 5.04. The molecular weight excluding hydrogens is 268 g/mol. The van der Waals surface area contributed by atoms with Gasteiger partial charge in [0.1, 0.15) is 12.1 Å². The Morgan fingerprint density at radius 2 is 2.00 bits per heavy atom. The number of carbonyl (C=O) groups is 2. The number of hydrogen-bond donors (Lipinski definition) is 0. The molecule has 0 aromatic rings. The SMILES string of the molecule is CC(C)C1C(=O)N2CCCC2C(=O)N1CCC1CCCO1. The molecule has 0 aliphatic carbocycles. The molecule has 5 heteroatoms. The van der Waals surface area contributed by atoms with Crippen molar-refractivity contribution in [3.8, 4) is 0 Å². The van der Waals surface area contributed by atoms with E-state index in [0.717, 1.165) is 45.3 Å². The molecule has 0 aromatic carbocycles. The van der Waals surface area contributed by atoms with Crippen LogP contribution in [0.4, 0.5) is 0 Å². The molecule has 0 radical (unpaired) electrons. The van der Waals surface area contributed by atoms with Crippen molar-refractivity contribution in [1.82, 2.24) is 9.80 Å². The number of piperazine rings is 1. The highest BCUT2D eigenvalue weighted by Gasteiger charge is 2.48. The number of rotatable bonds is 4. The first kappa shape index (κ1) is 14.8. The van der Waals surface area contributed by atoms with Crippen LogP contribution in [0.3, 0.4) is 0 Å². The number of ether oxygens (including phenoxy) is 1. The van der Waals surface area contributed by atoms with Crippen LogP contribution >= 0.6 is 0 Å². The van der Waals surface area contributed by atoms with Gasteiger partial charge < -0.3 is 14.5 Å². The fourth-order valence-electron chi connectivity index (χ4n) is 3.97. The summed E-state index contributed by atoms with van der Waals surface area (Å²) in [5.74, 6) is 0.468. The second-order valence-electron chi connectivity index (χ2n) is 6.83. The summed E-state index contributed by atoms with van der Waals surface area (Å²) in [4.78, 5) is 29.1. The van der Waals surface area contributed by atoms with Gasteiger partial charge in [-0.05, 0) is 38.0 Å². The molecule has 2 amide bonds. The first-order chi connectivity index (χ1) is 10.1. The van der Waals surface area contributed by atoms with Crippen molar-refractivity contribution in [3.05, 3.63) is 0 Å². The Morgan fingerprint density at radius 1 is 1.19 bits per heavy atom. The normalized spacial score (nSPS) is 33.2. The first-order valence-corrected chi connectivity index (χ1v) is 8.32. The van der Waals surface area contributed by atoms with E-state index in [4.69, 9.17) is 4.74 Å². The Labute approximate surface area is 126 Å². The lowest BCUT2D eigenvalue weighted by molar-refractivity contribution is -0.161. The molecule has 0 saturated carbocycles.